The molecule has 5 heteroatoms. The highest BCUT2D eigenvalue weighted by atomic mass is 16.3. The van der Waals surface area contributed by atoms with Gasteiger partial charge in [0.05, 0.1) is 31.3 Å². The Labute approximate surface area is 297 Å². The van der Waals surface area contributed by atoms with Gasteiger partial charge in [0.1, 0.15) is 0 Å². The summed E-state index contributed by atoms with van der Waals surface area (Å²) >= 11 is 0. The van der Waals surface area contributed by atoms with E-state index in [-0.39, 0.29) is 18.9 Å². The molecule has 0 fully saturated rings. The van der Waals surface area contributed by atoms with Gasteiger partial charge < -0.3 is 20.6 Å². The van der Waals surface area contributed by atoms with Crippen LogP contribution in [0.15, 0.2) is 48.6 Å². The molecule has 1 amide bonds. The summed E-state index contributed by atoms with van der Waals surface area (Å²) in [6, 6.07) is -0.769. The molecular formula is C43H79NO4. The van der Waals surface area contributed by atoms with Gasteiger partial charge in [0.2, 0.25) is 5.91 Å². The number of allylic oxidation sites excluding steroid dienone is 7. The van der Waals surface area contributed by atoms with E-state index in [1.54, 1.807) is 6.08 Å². The van der Waals surface area contributed by atoms with Crippen LogP contribution in [0.25, 0.3) is 0 Å². The van der Waals surface area contributed by atoms with Gasteiger partial charge in [-0.15, -0.1) is 0 Å². The van der Waals surface area contributed by atoms with Crippen LogP contribution in [0.4, 0.5) is 0 Å². The van der Waals surface area contributed by atoms with E-state index in [1.807, 2.05) is 6.08 Å². The Morgan fingerprint density at radius 3 is 1.40 bits per heavy atom. The van der Waals surface area contributed by atoms with E-state index in [4.69, 9.17) is 0 Å². The molecule has 0 aliphatic heterocycles. The van der Waals surface area contributed by atoms with Crippen molar-refractivity contribution in [3.05, 3.63) is 48.6 Å². The molecule has 3 unspecified atom stereocenters. The topological polar surface area (TPSA) is 89.8 Å². The zero-order valence-electron chi connectivity index (χ0n) is 31.6. The fourth-order valence-electron chi connectivity index (χ4n) is 5.88. The van der Waals surface area contributed by atoms with Crippen molar-refractivity contribution >= 4 is 5.91 Å². The Kier molecular flexibility index (Phi) is 36.8. The highest BCUT2D eigenvalue weighted by molar-refractivity contribution is 5.76. The van der Waals surface area contributed by atoms with Gasteiger partial charge in [-0.25, -0.2) is 0 Å². The molecule has 48 heavy (non-hydrogen) atoms. The van der Waals surface area contributed by atoms with Crippen LogP contribution in [0.1, 0.15) is 194 Å². The Morgan fingerprint density at radius 1 is 0.521 bits per heavy atom. The minimum Gasteiger partial charge on any atom is -0.394 e. The van der Waals surface area contributed by atoms with Crippen LogP contribution >= 0.6 is 0 Å². The summed E-state index contributed by atoms with van der Waals surface area (Å²) in [5, 5.41) is 33.0. The third-order valence-corrected chi connectivity index (χ3v) is 9.07. The summed E-state index contributed by atoms with van der Waals surface area (Å²) in [6.07, 6.45) is 48.2. The molecule has 4 N–H and O–H groups in total. The van der Waals surface area contributed by atoms with Gasteiger partial charge in [0.25, 0.3) is 0 Å². The van der Waals surface area contributed by atoms with Crippen molar-refractivity contribution in [2.75, 3.05) is 6.61 Å². The lowest BCUT2D eigenvalue weighted by molar-refractivity contribution is -0.124. The first-order valence-electron chi connectivity index (χ1n) is 20.4. The van der Waals surface area contributed by atoms with Crippen molar-refractivity contribution < 1.29 is 20.1 Å². The number of nitrogens with one attached hydrogen (secondary N) is 1. The predicted octanol–water partition coefficient (Wildman–Crippen LogP) is 11.4. The van der Waals surface area contributed by atoms with Crippen LogP contribution in [0.3, 0.4) is 0 Å². The number of unbranched alkanes of at least 4 members (excludes halogenated alkanes) is 21. The number of aliphatic hydroxyl groups is 3. The van der Waals surface area contributed by atoms with E-state index in [0.717, 1.165) is 51.4 Å². The molecule has 0 aromatic carbocycles. The SMILES string of the molecule is CCCC/C=C/CC/C=C/CC/C=C/C(O)C(CO)NC(=O)CC(O)CCCCCCC/C=C\CCCCCCCCCCCCCC. The largest absolute Gasteiger partial charge is 0.394 e. The monoisotopic (exact) mass is 674 g/mol. The number of rotatable bonds is 36. The highest BCUT2D eigenvalue weighted by Gasteiger charge is 2.20. The summed E-state index contributed by atoms with van der Waals surface area (Å²) in [5.41, 5.74) is 0. The van der Waals surface area contributed by atoms with Gasteiger partial charge in [0.15, 0.2) is 0 Å². The molecule has 0 aliphatic carbocycles. The Morgan fingerprint density at radius 2 is 0.917 bits per heavy atom. The van der Waals surface area contributed by atoms with Crippen molar-refractivity contribution in [1.29, 1.82) is 0 Å². The third kappa shape index (κ3) is 34.2. The number of amides is 1. The first kappa shape index (κ1) is 46.3. The molecule has 3 atom stereocenters. The number of hydrogen-bond donors (Lipinski definition) is 4. The van der Waals surface area contributed by atoms with Crippen molar-refractivity contribution in [3.63, 3.8) is 0 Å². The molecule has 280 valence electrons. The fraction of sp³-hybridized carbons (Fsp3) is 0.791. The molecule has 0 spiro atoms. The minimum absolute atomic E-state index is 0.00445. The second-order valence-electron chi connectivity index (χ2n) is 13.9. The highest BCUT2D eigenvalue weighted by Crippen LogP contribution is 2.14. The van der Waals surface area contributed by atoms with Crippen LogP contribution in [0.2, 0.25) is 0 Å². The molecule has 0 aromatic rings. The normalized spacial score (nSPS) is 14.2. The standard InChI is InChI=1S/C43H79NO4/c1-3-5-7-9-11-13-15-17-18-19-20-21-22-23-24-25-26-28-30-32-34-36-40(46)38-43(48)44-41(39-45)42(47)37-35-33-31-29-27-16-14-12-10-8-6-4-2/h10,12,23-24,27,29,35,37,40-42,45-47H,3-9,11,13-22,25-26,28,30-34,36,38-39H2,1-2H3,(H,44,48)/b12-10+,24-23-,29-27+,37-35+. The zero-order chi connectivity index (χ0) is 35.2. The van der Waals surface area contributed by atoms with Gasteiger partial charge in [0, 0.05) is 0 Å². The van der Waals surface area contributed by atoms with E-state index in [2.05, 4.69) is 55.6 Å². The van der Waals surface area contributed by atoms with Crippen LogP contribution in [-0.4, -0.2) is 46.1 Å². The summed E-state index contributed by atoms with van der Waals surface area (Å²) in [7, 11) is 0. The molecule has 0 radical (unpaired) electrons. The lowest BCUT2D eigenvalue weighted by atomic mass is 10.0. The summed E-state index contributed by atoms with van der Waals surface area (Å²) in [4.78, 5) is 12.4. The van der Waals surface area contributed by atoms with Gasteiger partial charge >= 0.3 is 0 Å². The van der Waals surface area contributed by atoms with Gasteiger partial charge in [-0.2, -0.15) is 0 Å². The number of carbonyl (C=O) groups is 1. The summed E-state index contributed by atoms with van der Waals surface area (Å²) < 4.78 is 0. The molecule has 0 rings (SSSR count). The molecule has 0 saturated heterocycles. The maximum absolute atomic E-state index is 12.4. The molecule has 0 bridgehead atoms. The smallest absolute Gasteiger partial charge is 0.222 e. The lowest BCUT2D eigenvalue weighted by Crippen LogP contribution is -2.45. The average molecular weight is 674 g/mol. The molecule has 0 heterocycles. The minimum atomic E-state index is -0.961. The van der Waals surface area contributed by atoms with Gasteiger partial charge in [-0.1, -0.05) is 172 Å². The number of hydrogen-bond acceptors (Lipinski definition) is 4. The number of carbonyl (C=O) groups excluding carboxylic acids is 1. The van der Waals surface area contributed by atoms with Crippen molar-refractivity contribution in [3.8, 4) is 0 Å². The maximum Gasteiger partial charge on any atom is 0.222 e. The second-order valence-corrected chi connectivity index (χ2v) is 13.9. The molecule has 5 nitrogen and oxygen atoms in total. The average Bonchev–Trinajstić information content (AvgIpc) is 3.08. The first-order valence-corrected chi connectivity index (χ1v) is 20.4. The van der Waals surface area contributed by atoms with E-state index in [9.17, 15) is 20.1 Å². The van der Waals surface area contributed by atoms with E-state index < -0.39 is 18.2 Å². The van der Waals surface area contributed by atoms with Crippen LogP contribution in [-0.2, 0) is 4.79 Å². The van der Waals surface area contributed by atoms with Crippen molar-refractivity contribution in [1.82, 2.24) is 5.32 Å². The molecule has 0 aromatic heterocycles. The fourth-order valence-corrected chi connectivity index (χ4v) is 5.88. The Hall–Kier alpha value is -1.69. The van der Waals surface area contributed by atoms with Gasteiger partial charge in [-0.05, 0) is 64.2 Å². The lowest BCUT2D eigenvalue weighted by Gasteiger charge is -2.20. The number of aliphatic hydroxyl groups excluding tert-OH is 3. The Balaban J connectivity index is 3.72. The maximum atomic E-state index is 12.4. The molecular weight excluding hydrogens is 594 g/mol. The van der Waals surface area contributed by atoms with Crippen molar-refractivity contribution in [2.24, 2.45) is 0 Å². The van der Waals surface area contributed by atoms with E-state index in [0.29, 0.717) is 6.42 Å². The zero-order valence-corrected chi connectivity index (χ0v) is 31.6. The molecule has 0 aliphatic rings. The molecule has 0 saturated carbocycles. The second kappa shape index (κ2) is 38.1. The predicted molar refractivity (Wildman–Crippen MR) is 208 cm³/mol. The summed E-state index contributed by atoms with van der Waals surface area (Å²) in [5.74, 6) is -0.337. The van der Waals surface area contributed by atoms with E-state index >= 15 is 0 Å². The van der Waals surface area contributed by atoms with Crippen LogP contribution in [0.5, 0.6) is 0 Å². The van der Waals surface area contributed by atoms with E-state index in [1.165, 1.54) is 116 Å². The third-order valence-electron chi connectivity index (χ3n) is 9.07. The summed E-state index contributed by atoms with van der Waals surface area (Å²) in [6.45, 7) is 4.14. The quantitative estimate of drug-likeness (QED) is 0.0393. The van der Waals surface area contributed by atoms with Crippen molar-refractivity contribution in [2.45, 2.75) is 212 Å². The first-order chi connectivity index (χ1) is 23.5. The van der Waals surface area contributed by atoms with Crippen LogP contribution < -0.4 is 5.32 Å². The Bertz CT molecular complexity index is 790. The van der Waals surface area contributed by atoms with Crippen LogP contribution in [0, 0.1) is 0 Å². The van der Waals surface area contributed by atoms with Gasteiger partial charge in [-0.3, -0.25) is 4.79 Å².